The zero-order chi connectivity index (χ0) is 17.2. The quantitative estimate of drug-likeness (QED) is 0.881. The molecule has 0 aromatic heterocycles. The van der Waals surface area contributed by atoms with Gasteiger partial charge in [0.05, 0.1) is 17.5 Å². The smallest absolute Gasteiger partial charge is 0.257 e. The van der Waals surface area contributed by atoms with Crippen molar-refractivity contribution in [2.75, 3.05) is 16.3 Å². The van der Waals surface area contributed by atoms with Gasteiger partial charge in [0.25, 0.3) is 5.91 Å². The van der Waals surface area contributed by atoms with Crippen LogP contribution >= 0.6 is 11.6 Å². The van der Waals surface area contributed by atoms with Gasteiger partial charge in [0.2, 0.25) is 10.0 Å². The van der Waals surface area contributed by atoms with E-state index in [4.69, 9.17) is 11.6 Å². The molecule has 2 aromatic rings. The second kappa shape index (κ2) is 6.55. The van der Waals surface area contributed by atoms with Gasteiger partial charge in [-0.1, -0.05) is 17.7 Å². The Morgan fingerprint density at radius 3 is 2.48 bits per heavy atom. The number of hydrogen-bond donors (Lipinski definition) is 2. The maximum atomic E-state index is 13.5. The Bertz CT molecular complexity index is 869. The van der Waals surface area contributed by atoms with E-state index in [1.165, 1.54) is 30.3 Å². The first-order valence-corrected chi connectivity index (χ1v) is 8.77. The number of nitrogens with one attached hydrogen (secondary N) is 2. The van der Waals surface area contributed by atoms with Crippen molar-refractivity contribution in [2.45, 2.75) is 6.92 Å². The van der Waals surface area contributed by atoms with Gasteiger partial charge in [0.15, 0.2) is 0 Å². The number of sulfonamides is 1. The van der Waals surface area contributed by atoms with Crippen LogP contribution in [-0.4, -0.2) is 20.6 Å². The SMILES string of the molecule is Cc1ccc(NC(=O)c2cc(Cl)ccc2NS(C)(=O)=O)cc1F. The summed E-state index contributed by atoms with van der Waals surface area (Å²) in [4.78, 5) is 12.3. The van der Waals surface area contributed by atoms with Gasteiger partial charge < -0.3 is 5.32 Å². The summed E-state index contributed by atoms with van der Waals surface area (Å²) in [5.74, 6) is -1.06. The van der Waals surface area contributed by atoms with Crippen molar-refractivity contribution < 1.29 is 17.6 Å². The number of halogens is 2. The molecule has 0 aliphatic heterocycles. The van der Waals surface area contributed by atoms with Gasteiger partial charge >= 0.3 is 0 Å². The van der Waals surface area contributed by atoms with Gasteiger partial charge in [-0.2, -0.15) is 0 Å². The van der Waals surface area contributed by atoms with Crippen LogP contribution in [0.2, 0.25) is 5.02 Å². The number of amides is 1. The predicted molar refractivity (Wildman–Crippen MR) is 89.0 cm³/mol. The van der Waals surface area contributed by atoms with E-state index < -0.39 is 21.7 Å². The van der Waals surface area contributed by atoms with E-state index in [2.05, 4.69) is 10.0 Å². The molecule has 0 fully saturated rings. The summed E-state index contributed by atoms with van der Waals surface area (Å²) in [5, 5.41) is 2.78. The van der Waals surface area contributed by atoms with E-state index in [1.54, 1.807) is 13.0 Å². The molecule has 8 heteroatoms. The molecule has 2 N–H and O–H groups in total. The number of rotatable bonds is 4. The number of anilines is 2. The number of benzene rings is 2. The molecule has 0 heterocycles. The molecule has 0 bridgehead atoms. The van der Waals surface area contributed by atoms with Crippen LogP contribution in [0.4, 0.5) is 15.8 Å². The third kappa shape index (κ3) is 4.67. The van der Waals surface area contributed by atoms with Crippen LogP contribution in [0.3, 0.4) is 0 Å². The highest BCUT2D eigenvalue weighted by Gasteiger charge is 2.15. The van der Waals surface area contributed by atoms with Crippen molar-refractivity contribution in [1.29, 1.82) is 0 Å². The fourth-order valence-corrected chi connectivity index (χ4v) is 2.61. The zero-order valence-corrected chi connectivity index (χ0v) is 13.9. The second-order valence-electron chi connectivity index (χ2n) is 4.98. The molecule has 2 aromatic carbocycles. The number of carbonyl (C=O) groups is 1. The average molecular weight is 357 g/mol. The molecule has 0 atom stereocenters. The van der Waals surface area contributed by atoms with E-state index >= 15 is 0 Å². The first-order chi connectivity index (χ1) is 10.7. The Balaban J connectivity index is 2.34. The highest BCUT2D eigenvalue weighted by atomic mass is 35.5. The van der Waals surface area contributed by atoms with E-state index in [9.17, 15) is 17.6 Å². The van der Waals surface area contributed by atoms with Crippen LogP contribution in [0, 0.1) is 12.7 Å². The summed E-state index contributed by atoms with van der Waals surface area (Å²) in [6, 6.07) is 8.42. The molecule has 0 radical (unpaired) electrons. The monoisotopic (exact) mass is 356 g/mol. The van der Waals surface area contributed by atoms with E-state index in [0.717, 1.165) is 6.26 Å². The summed E-state index contributed by atoms with van der Waals surface area (Å²) < 4.78 is 38.5. The molecule has 0 unspecified atom stereocenters. The molecule has 0 aliphatic rings. The summed E-state index contributed by atoms with van der Waals surface area (Å²) in [7, 11) is -3.56. The normalized spacial score (nSPS) is 11.1. The van der Waals surface area contributed by atoms with Gasteiger partial charge in [-0.05, 0) is 42.8 Å². The molecule has 0 saturated carbocycles. The van der Waals surface area contributed by atoms with Crippen LogP contribution in [0.5, 0.6) is 0 Å². The Morgan fingerprint density at radius 1 is 1.17 bits per heavy atom. The molecule has 2 rings (SSSR count). The van der Waals surface area contributed by atoms with Crippen LogP contribution in [-0.2, 0) is 10.0 Å². The zero-order valence-electron chi connectivity index (χ0n) is 12.4. The summed E-state index contributed by atoms with van der Waals surface area (Å²) >= 11 is 5.86. The molecule has 122 valence electrons. The lowest BCUT2D eigenvalue weighted by Crippen LogP contribution is -2.17. The first-order valence-electron chi connectivity index (χ1n) is 6.50. The number of aryl methyl sites for hydroxylation is 1. The highest BCUT2D eigenvalue weighted by Crippen LogP contribution is 2.23. The molecule has 1 amide bonds. The first kappa shape index (κ1) is 17.2. The third-order valence-electron chi connectivity index (χ3n) is 2.95. The third-order valence-corrected chi connectivity index (χ3v) is 3.78. The number of hydrogen-bond acceptors (Lipinski definition) is 3. The van der Waals surface area contributed by atoms with Gasteiger partial charge in [0.1, 0.15) is 5.82 Å². The van der Waals surface area contributed by atoms with Crippen LogP contribution in [0.25, 0.3) is 0 Å². The lowest BCUT2D eigenvalue weighted by Gasteiger charge is -2.12. The molecule has 0 aliphatic carbocycles. The summed E-state index contributed by atoms with van der Waals surface area (Å²) in [5.41, 5.74) is 0.819. The van der Waals surface area contributed by atoms with Gasteiger partial charge in [-0.3, -0.25) is 9.52 Å². The van der Waals surface area contributed by atoms with Crippen molar-refractivity contribution in [3.05, 3.63) is 58.4 Å². The Hall–Kier alpha value is -2.12. The maximum absolute atomic E-state index is 13.5. The van der Waals surface area contributed by atoms with Crippen molar-refractivity contribution in [1.82, 2.24) is 0 Å². The lowest BCUT2D eigenvalue weighted by atomic mass is 10.1. The Labute approximate surface area is 138 Å². The largest absolute Gasteiger partial charge is 0.322 e. The van der Waals surface area contributed by atoms with Gasteiger partial charge in [-0.25, -0.2) is 12.8 Å². The van der Waals surface area contributed by atoms with Crippen molar-refractivity contribution in [3.8, 4) is 0 Å². The minimum absolute atomic E-state index is 0.0314. The molecular formula is C15H14ClFN2O3S. The van der Waals surface area contributed by atoms with Crippen molar-refractivity contribution in [3.63, 3.8) is 0 Å². The molecule has 0 saturated heterocycles. The molecule has 0 spiro atoms. The van der Waals surface area contributed by atoms with Gasteiger partial charge in [-0.15, -0.1) is 0 Å². The molecule has 23 heavy (non-hydrogen) atoms. The van der Waals surface area contributed by atoms with Crippen LogP contribution in [0.1, 0.15) is 15.9 Å². The lowest BCUT2D eigenvalue weighted by molar-refractivity contribution is 0.102. The van der Waals surface area contributed by atoms with Crippen LogP contribution in [0.15, 0.2) is 36.4 Å². The maximum Gasteiger partial charge on any atom is 0.257 e. The minimum atomic E-state index is -3.56. The number of carbonyl (C=O) groups excluding carboxylic acids is 1. The van der Waals surface area contributed by atoms with E-state index in [1.807, 2.05) is 0 Å². The molecule has 5 nitrogen and oxygen atoms in total. The fourth-order valence-electron chi connectivity index (χ4n) is 1.86. The Morgan fingerprint density at radius 2 is 1.87 bits per heavy atom. The van der Waals surface area contributed by atoms with Crippen LogP contribution < -0.4 is 10.0 Å². The van der Waals surface area contributed by atoms with Gasteiger partial charge in [0, 0.05) is 10.7 Å². The van der Waals surface area contributed by atoms with E-state index in [0.29, 0.717) is 5.56 Å². The predicted octanol–water partition coefficient (Wildman–Crippen LogP) is 3.41. The summed E-state index contributed by atoms with van der Waals surface area (Å²) in [6.45, 7) is 1.60. The standard InChI is InChI=1S/C15H14ClFN2O3S/c1-9-3-5-11(8-13(9)17)18-15(20)12-7-10(16)4-6-14(12)19-23(2,21)22/h3-8,19H,1-2H3,(H,18,20). The second-order valence-corrected chi connectivity index (χ2v) is 7.17. The topological polar surface area (TPSA) is 75.3 Å². The average Bonchev–Trinajstić information content (AvgIpc) is 2.43. The minimum Gasteiger partial charge on any atom is -0.322 e. The Kier molecular flexibility index (Phi) is 4.91. The summed E-state index contributed by atoms with van der Waals surface area (Å²) in [6.07, 6.45) is 0.971. The highest BCUT2D eigenvalue weighted by molar-refractivity contribution is 7.92. The van der Waals surface area contributed by atoms with E-state index in [-0.39, 0.29) is 22.0 Å². The van der Waals surface area contributed by atoms with Crippen molar-refractivity contribution >= 4 is 38.9 Å². The van der Waals surface area contributed by atoms with Crippen molar-refractivity contribution in [2.24, 2.45) is 0 Å². The fraction of sp³-hybridized carbons (Fsp3) is 0.133. The molecular weight excluding hydrogens is 343 g/mol.